The number of aliphatic hydroxyl groups is 1. The topological polar surface area (TPSA) is 85.5 Å². The lowest BCUT2D eigenvalue weighted by Gasteiger charge is -2.21. The van der Waals surface area contributed by atoms with Crippen molar-refractivity contribution in [2.24, 2.45) is 4.99 Å². The quantitative estimate of drug-likeness (QED) is 0.353. The maximum absolute atomic E-state index is 9.32. The summed E-state index contributed by atoms with van der Waals surface area (Å²) < 4.78 is 22.8. The van der Waals surface area contributed by atoms with Crippen LogP contribution in [0.3, 0.4) is 0 Å². The Morgan fingerprint density at radius 1 is 1.03 bits per heavy atom. The van der Waals surface area contributed by atoms with Crippen molar-refractivity contribution in [2.45, 2.75) is 19.8 Å². The fraction of sp³-hybridized carbons (Fsp3) is 0.222. The van der Waals surface area contributed by atoms with Crippen LogP contribution in [0.4, 0.5) is 5.69 Å². The number of furan rings is 1. The van der Waals surface area contributed by atoms with Gasteiger partial charge in [-0.3, -0.25) is 0 Å². The highest BCUT2D eigenvalue weighted by Crippen LogP contribution is 2.36. The number of nitrogens with zero attached hydrogens (tertiary/aromatic N) is 1. The number of aliphatic hydroxyl groups excluding tert-OH is 1. The molecule has 0 aliphatic carbocycles. The third-order valence-electron chi connectivity index (χ3n) is 5.65. The Hall–Kier alpha value is -3.81. The highest BCUT2D eigenvalue weighted by molar-refractivity contribution is 6.04. The van der Waals surface area contributed by atoms with Crippen molar-refractivity contribution >= 4 is 22.5 Å². The first kappa shape index (κ1) is 22.0. The summed E-state index contributed by atoms with van der Waals surface area (Å²) in [5.41, 5.74) is 4.58. The lowest BCUT2D eigenvalue weighted by atomic mass is 10.1. The van der Waals surface area contributed by atoms with Crippen molar-refractivity contribution in [3.63, 3.8) is 0 Å². The van der Waals surface area contributed by atoms with E-state index in [0.29, 0.717) is 37.9 Å². The Bertz CT molecular complexity index is 1310. The molecule has 0 saturated carbocycles. The minimum absolute atomic E-state index is 0.129. The van der Waals surface area contributed by atoms with Gasteiger partial charge in [0, 0.05) is 35.2 Å². The zero-order chi connectivity index (χ0) is 23.3. The molecule has 0 saturated heterocycles. The summed E-state index contributed by atoms with van der Waals surface area (Å²) in [4.78, 5) is 4.84. The van der Waals surface area contributed by atoms with E-state index in [0.717, 1.165) is 44.9 Å². The SMILES string of the molecule is COc1cc(OCCOCc2ccccc2)cc2c1CNC(c1ccc3oc(CO)cc3c1)=N2. The molecule has 0 spiro atoms. The van der Waals surface area contributed by atoms with Gasteiger partial charge in [0.15, 0.2) is 0 Å². The number of amidine groups is 1. The van der Waals surface area contributed by atoms with Crippen LogP contribution in [0, 0.1) is 0 Å². The maximum Gasteiger partial charge on any atom is 0.134 e. The number of hydrogen-bond acceptors (Lipinski definition) is 7. The second-order valence-corrected chi connectivity index (χ2v) is 7.95. The Balaban J connectivity index is 1.30. The zero-order valence-corrected chi connectivity index (χ0v) is 18.9. The highest BCUT2D eigenvalue weighted by Gasteiger charge is 2.19. The van der Waals surface area contributed by atoms with Crippen molar-refractivity contribution in [1.82, 2.24) is 5.32 Å². The molecule has 0 radical (unpaired) electrons. The van der Waals surface area contributed by atoms with Crippen LogP contribution in [0.5, 0.6) is 11.5 Å². The summed E-state index contributed by atoms with van der Waals surface area (Å²) in [5, 5.41) is 13.6. The first-order valence-electron chi connectivity index (χ1n) is 11.1. The minimum Gasteiger partial charge on any atom is -0.496 e. The molecule has 0 unspecified atom stereocenters. The van der Waals surface area contributed by atoms with Gasteiger partial charge < -0.3 is 29.1 Å². The van der Waals surface area contributed by atoms with Gasteiger partial charge in [0.2, 0.25) is 0 Å². The number of fused-ring (bicyclic) bond motifs is 2. The number of hydrogen-bond donors (Lipinski definition) is 2. The fourth-order valence-corrected chi connectivity index (χ4v) is 3.95. The molecule has 0 fully saturated rings. The smallest absolute Gasteiger partial charge is 0.134 e. The van der Waals surface area contributed by atoms with Gasteiger partial charge in [-0.05, 0) is 29.8 Å². The van der Waals surface area contributed by atoms with E-state index in [4.69, 9.17) is 23.6 Å². The molecular formula is C27H26N2O5. The lowest BCUT2D eigenvalue weighted by Crippen LogP contribution is -2.27. The van der Waals surface area contributed by atoms with Crippen LogP contribution in [0.1, 0.15) is 22.5 Å². The van der Waals surface area contributed by atoms with Crippen molar-refractivity contribution in [3.05, 3.63) is 89.2 Å². The molecule has 5 rings (SSSR count). The maximum atomic E-state index is 9.32. The number of aliphatic imine (C=N–C) groups is 1. The van der Waals surface area contributed by atoms with Crippen molar-refractivity contribution in [2.75, 3.05) is 20.3 Å². The predicted molar refractivity (Wildman–Crippen MR) is 130 cm³/mol. The lowest BCUT2D eigenvalue weighted by molar-refractivity contribution is 0.0888. The van der Waals surface area contributed by atoms with E-state index in [9.17, 15) is 5.11 Å². The molecule has 174 valence electrons. The van der Waals surface area contributed by atoms with Gasteiger partial charge in [-0.1, -0.05) is 30.3 Å². The van der Waals surface area contributed by atoms with E-state index < -0.39 is 0 Å². The van der Waals surface area contributed by atoms with Crippen LogP contribution >= 0.6 is 0 Å². The average Bonchev–Trinajstić information content (AvgIpc) is 3.31. The second-order valence-electron chi connectivity index (χ2n) is 7.95. The Labute approximate surface area is 197 Å². The van der Waals surface area contributed by atoms with E-state index in [2.05, 4.69) is 5.32 Å². The first-order chi connectivity index (χ1) is 16.7. The molecule has 2 N–H and O–H groups in total. The fourth-order valence-electron chi connectivity index (χ4n) is 3.95. The number of benzene rings is 3. The van der Waals surface area contributed by atoms with Crippen LogP contribution in [0.15, 0.2) is 76.1 Å². The number of rotatable bonds is 9. The van der Waals surface area contributed by atoms with Crippen LogP contribution in [0.25, 0.3) is 11.0 Å². The van der Waals surface area contributed by atoms with Crippen LogP contribution in [0.2, 0.25) is 0 Å². The summed E-state index contributed by atoms with van der Waals surface area (Å²) >= 11 is 0. The van der Waals surface area contributed by atoms with Gasteiger partial charge in [-0.25, -0.2) is 4.99 Å². The van der Waals surface area contributed by atoms with Crippen molar-refractivity contribution < 1.29 is 23.7 Å². The molecule has 7 nitrogen and oxygen atoms in total. The molecule has 1 aliphatic rings. The molecular weight excluding hydrogens is 432 g/mol. The molecule has 0 atom stereocenters. The van der Waals surface area contributed by atoms with Crippen LogP contribution < -0.4 is 14.8 Å². The zero-order valence-electron chi connectivity index (χ0n) is 18.9. The summed E-state index contributed by atoms with van der Waals surface area (Å²) in [6.45, 7) is 1.91. The molecule has 3 aromatic carbocycles. The number of methoxy groups -OCH3 is 1. The average molecular weight is 459 g/mol. The summed E-state index contributed by atoms with van der Waals surface area (Å²) in [5.74, 6) is 2.70. The molecule has 4 aromatic rings. The molecule has 34 heavy (non-hydrogen) atoms. The molecule has 1 aliphatic heterocycles. The summed E-state index contributed by atoms with van der Waals surface area (Å²) in [7, 11) is 1.65. The van der Waals surface area contributed by atoms with E-state index in [1.165, 1.54) is 0 Å². The van der Waals surface area contributed by atoms with Crippen LogP contribution in [-0.4, -0.2) is 31.3 Å². The normalized spacial score (nSPS) is 12.7. The molecule has 2 heterocycles. The Kier molecular flexibility index (Phi) is 6.46. The van der Waals surface area contributed by atoms with Gasteiger partial charge in [-0.2, -0.15) is 0 Å². The number of nitrogens with one attached hydrogen (secondary N) is 1. The van der Waals surface area contributed by atoms with Gasteiger partial charge in [0.25, 0.3) is 0 Å². The van der Waals surface area contributed by atoms with Gasteiger partial charge in [0.05, 0.1) is 26.0 Å². The van der Waals surface area contributed by atoms with Gasteiger partial charge in [-0.15, -0.1) is 0 Å². The predicted octanol–water partition coefficient (Wildman–Crippen LogP) is 4.71. The van der Waals surface area contributed by atoms with E-state index >= 15 is 0 Å². The molecule has 7 heteroatoms. The van der Waals surface area contributed by atoms with Crippen LogP contribution in [-0.2, 0) is 24.5 Å². The molecule has 0 amide bonds. The first-order valence-corrected chi connectivity index (χ1v) is 11.1. The number of ether oxygens (including phenoxy) is 3. The summed E-state index contributed by atoms with van der Waals surface area (Å²) in [6.07, 6.45) is 0. The Morgan fingerprint density at radius 2 is 1.91 bits per heavy atom. The minimum atomic E-state index is -0.129. The van der Waals surface area contributed by atoms with E-state index in [1.807, 2.05) is 66.7 Å². The standard InChI is InChI=1S/C27H26N2O5/c1-31-26-14-21(33-10-9-32-17-18-5-3-2-4-6-18)13-24-23(26)15-28-27(29-24)19-7-8-25-20(11-19)12-22(16-30)34-25/h2-8,11-14,30H,9-10,15-17H2,1H3,(H,28,29). The van der Waals surface area contributed by atoms with Gasteiger partial charge >= 0.3 is 0 Å². The van der Waals surface area contributed by atoms with Crippen molar-refractivity contribution in [1.29, 1.82) is 0 Å². The Morgan fingerprint density at radius 3 is 2.74 bits per heavy atom. The monoisotopic (exact) mass is 458 g/mol. The highest BCUT2D eigenvalue weighted by atomic mass is 16.5. The van der Waals surface area contributed by atoms with Gasteiger partial charge in [0.1, 0.15) is 41.9 Å². The van der Waals surface area contributed by atoms with E-state index in [1.54, 1.807) is 7.11 Å². The largest absolute Gasteiger partial charge is 0.496 e. The van der Waals surface area contributed by atoms with Crippen molar-refractivity contribution in [3.8, 4) is 11.5 Å². The second kappa shape index (κ2) is 9.99. The van der Waals surface area contributed by atoms with E-state index in [-0.39, 0.29) is 6.61 Å². The molecule has 0 bridgehead atoms. The third kappa shape index (κ3) is 4.76. The summed E-state index contributed by atoms with van der Waals surface area (Å²) in [6, 6.07) is 21.5. The molecule has 1 aromatic heterocycles. The third-order valence-corrected chi connectivity index (χ3v) is 5.65.